The first-order valence-corrected chi connectivity index (χ1v) is 4.52. The van der Waals surface area contributed by atoms with E-state index in [1.807, 2.05) is 13.0 Å². The molecule has 2 aliphatic carbocycles. The van der Waals surface area contributed by atoms with Crippen molar-refractivity contribution >= 4 is 11.6 Å². The maximum absolute atomic E-state index is 11.6. The molecule has 2 heteroatoms. The summed E-state index contributed by atoms with van der Waals surface area (Å²) in [5.74, 6) is 0.131. The Bertz CT molecular complexity index is 331. The largest absolute Gasteiger partial charge is 0.298 e. The van der Waals surface area contributed by atoms with Crippen molar-refractivity contribution in [1.82, 2.24) is 0 Å². The molecule has 1 saturated carbocycles. The minimum atomic E-state index is -0.829. The van der Waals surface area contributed by atoms with Crippen LogP contribution >= 0.6 is 0 Å². The van der Waals surface area contributed by atoms with E-state index in [1.165, 1.54) is 0 Å². The van der Waals surface area contributed by atoms with Gasteiger partial charge in [-0.15, -0.1) is 0 Å². The fraction of sp³-hybridized carbons (Fsp3) is 0.455. The molecule has 0 aromatic carbocycles. The lowest BCUT2D eigenvalue weighted by Gasteiger charge is -2.21. The molecule has 1 fully saturated rings. The summed E-state index contributed by atoms with van der Waals surface area (Å²) in [5, 5.41) is 0. The molecular formula is C11H12O2. The third-order valence-electron chi connectivity index (χ3n) is 3.24. The number of rotatable bonds is 0. The van der Waals surface area contributed by atoms with E-state index < -0.39 is 5.41 Å². The van der Waals surface area contributed by atoms with Crippen LogP contribution in [0.2, 0.25) is 0 Å². The van der Waals surface area contributed by atoms with Crippen molar-refractivity contribution in [3.63, 3.8) is 0 Å². The maximum atomic E-state index is 11.6. The van der Waals surface area contributed by atoms with Crippen LogP contribution in [0.5, 0.6) is 0 Å². The first-order valence-electron chi connectivity index (χ1n) is 4.52. The number of carbonyl (C=O) groups excluding carboxylic acids is 2. The first-order chi connectivity index (χ1) is 6.09. The van der Waals surface area contributed by atoms with E-state index in [1.54, 1.807) is 0 Å². The molecule has 0 unspecified atom stereocenters. The lowest BCUT2D eigenvalue weighted by Crippen LogP contribution is -2.31. The molecule has 0 N–H and O–H groups in total. The van der Waals surface area contributed by atoms with Crippen molar-refractivity contribution in [2.24, 2.45) is 5.41 Å². The van der Waals surface area contributed by atoms with Crippen LogP contribution < -0.4 is 0 Å². The summed E-state index contributed by atoms with van der Waals surface area (Å²) in [6.45, 7) is 5.77. The predicted molar refractivity (Wildman–Crippen MR) is 49.2 cm³/mol. The molecule has 68 valence electrons. The number of allylic oxidation sites excluding steroid dienone is 3. The van der Waals surface area contributed by atoms with Crippen molar-refractivity contribution in [3.05, 3.63) is 23.8 Å². The Morgan fingerprint density at radius 2 is 1.85 bits per heavy atom. The monoisotopic (exact) mass is 176 g/mol. The standard InChI is InChI=1S/C11H12O2/c1-7-5-6-11(8(7)2)9(12)3-4-10(11)13/h5H,2-4,6H2,1H3. The molecule has 0 saturated heterocycles. The van der Waals surface area contributed by atoms with Crippen molar-refractivity contribution in [2.75, 3.05) is 0 Å². The third kappa shape index (κ3) is 0.831. The SMILES string of the molecule is C=C1C(C)=CCC12C(=O)CCC2=O. The number of Topliss-reactive ketones (excluding diaryl/α,β-unsaturated/α-hetero) is 2. The van der Waals surface area contributed by atoms with Crippen LogP contribution in [-0.4, -0.2) is 11.6 Å². The highest BCUT2D eigenvalue weighted by Gasteiger charge is 2.52. The highest BCUT2D eigenvalue weighted by Crippen LogP contribution is 2.48. The second-order valence-corrected chi connectivity index (χ2v) is 3.82. The highest BCUT2D eigenvalue weighted by atomic mass is 16.2. The molecule has 0 bridgehead atoms. The summed E-state index contributed by atoms with van der Waals surface area (Å²) in [5.41, 5.74) is 0.910. The van der Waals surface area contributed by atoms with Gasteiger partial charge in [-0.2, -0.15) is 0 Å². The average molecular weight is 176 g/mol. The molecule has 0 heterocycles. The van der Waals surface area contributed by atoms with E-state index in [4.69, 9.17) is 0 Å². The van der Waals surface area contributed by atoms with Gasteiger partial charge < -0.3 is 0 Å². The van der Waals surface area contributed by atoms with Crippen LogP contribution in [0, 0.1) is 5.41 Å². The van der Waals surface area contributed by atoms with Crippen molar-refractivity contribution in [2.45, 2.75) is 26.2 Å². The molecule has 1 spiro atoms. The van der Waals surface area contributed by atoms with Gasteiger partial charge in [0.15, 0.2) is 11.6 Å². The molecule has 2 aliphatic rings. The van der Waals surface area contributed by atoms with Crippen LogP contribution in [0.1, 0.15) is 26.2 Å². The number of ketones is 2. The van der Waals surface area contributed by atoms with Gasteiger partial charge in [0.1, 0.15) is 5.41 Å². The van der Waals surface area contributed by atoms with Gasteiger partial charge in [0.05, 0.1) is 0 Å². The van der Waals surface area contributed by atoms with Crippen molar-refractivity contribution < 1.29 is 9.59 Å². The van der Waals surface area contributed by atoms with Crippen molar-refractivity contribution in [1.29, 1.82) is 0 Å². The maximum Gasteiger partial charge on any atom is 0.151 e. The van der Waals surface area contributed by atoms with Crippen molar-refractivity contribution in [3.8, 4) is 0 Å². The van der Waals surface area contributed by atoms with E-state index in [-0.39, 0.29) is 11.6 Å². The summed E-state index contributed by atoms with van der Waals surface area (Å²) in [6, 6.07) is 0. The average Bonchev–Trinajstić information content (AvgIpc) is 2.54. The zero-order chi connectivity index (χ0) is 9.64. The summed E-state index contributed by atoms with van der Waals surface area (Å²) in [7, 11) is 0. The highest BCUT2D eigenvalue weighted by molar-refractivity contribution is 6.16. The quantitative estimate of drug-likeness (QED) is 0.527. The zero-order valence-corrected chi connectivity index (χ0v) is 7.72. The Morgan fingerprint density at radius 3 is 2.23 bits per heavy atom. The molecule has 0 aromatic heterocycles. The van der Waals surface area contributed by atoms with E-state index in [0.29, 0.717) is 19.3 Å². The summed E-state index contributed by atoms with van der Waals surface area (Å²) < 4.78 is 0. The summed E-state index contributed by atoms with van der Waals surface area (Å²) in [4.78, 5) is 23.3. The molecule has 0 aromatic rings. The summed E-state index contributed by atoms with van der Waals surface area (Å²) >= 11 is 0. The van der Waals surface area contributed by atoms with E-state index >= 15 is 0 Å². The van der Waals surface area contributed by atoms with Gasteiger partial charge in [-0.05, 0) is 18.9 Å². The lowest BCUT2D eigenvalue weighted by atomic mass is 9.77. The van der Waals surface area contributed by atoms with E-state index in [0.717, 1.165) is 11.1 Å². The molecule has 0 radical (unpaired) electrons. The smallest absolute Gasteiger partial charge is 0.151 e. The Balaban J connectivity index is 2.48. The minimum Gasteiger partial charge on any atom is -0.298 e. The lowest BCUT2D eigenvalue weighted by molar-refractivity contribution is -0.131. The van der Waals surface area contributed by atoms with E-state index in [9.17, 15) is 9.59 Å². The van der Waals surface area contributed by atoms with Crippen LogP contribution in [0.15, 0.2) is 23.8 Å². The molecule has 13 heavy (non-hydrogen) atoms. The van der Waals surface area contributed by atoms with Gasteiger partial charge in [0.25, 0.3) is 0 Å². The molecule has 0 aliphatic heterocycles. The number of hydrogen-bond acceptors (Lipinski definition) is 2. The molecule has 0 amide bonds. The predicted octanol–water partition coefficient (Wildman–Crippen LogP) is 1.81. The molecular weight excluding hydrogens is 164 g/mol. The minimum absolute atomic E-state index is 0.0654. The Hall–Kier alpha value is -1.18. The van der Waals surface area contributed by atoms with Gasteiger partial charge in [-0.3, -0.25) is 9.59 Å². The number of carbonyl (C=O) groups is 2. The van der Waals surface area contributed by atoms with Crippen LogP contribution in [0.4, 0.5) is 0 Å². The topological polar surface area (TPSA) is 34.1 Å². The Labute approximate surface area is 77.3 Å². The Kier molecular flexibility index (Phi) is 1.56. The van der Waals surface area contributed by atoms with Gasteiger partial charge in [-0.25, -0.2) is 0 Å². The second kappa shape index (κ2) is 2.41. The van der Waals surface area contributed by atoms with E-state index in [2.05, 4.69) is 6.58 Å². The molecule has 2 nitrogen and oxygen atoms in total. The fourth-order valence-electron chi connectivity index (χ4n) is 2.26. The fourth-order valence-corrected chi connectivity index (χ4v) is 2.26. The van der Waals surface area contributed by atoms with Gasteiger partial charge in [0, 0.05) is 12.8 Å². The van der Waals surface area contributed by atoms with Gasteiger partial charge in [0.2, 0.25) is 0 Å². The third-order valence-corrected chi connectivity index (χ3v) is 3.24. The van der Waals surface area contributed by atoms with Crippen LogP contribution in [-0.2, 0) is 9.59 Å². The molecule has 0 atom stereocenters. The normalized spacial score (nSPS) is 25.9. The second-order valence-electron chi connectivity index (χ2n) is 3.82. The zero-order valence-electron chi connectivity index (χ0n) is 7.72. The van der Waals surface area contributed by atoms with Gasteiger partial charge in [-0.1, -0.05) is 18.2 Å². The number of hydrogen-bond donors (Lipinski definition) is 0. The first kappa shape index (κ1) is 8.42. The van der Waals surface area contributed by atoms with Crippen LogP contribution in [0.3, 0.4) is 0 Å². The molecule has 2 rings (SSSR count). The van der Waals surface area contributed by atoms with Crippen LogP contribution in [0.25, 0.3) is 0 Å². The van der Waals surface area contributed by atoms with Gasteiger partial charge >= 0.3 is 0 Å². The summed E-state index contributed by atoms with van der Waals surface area (Å²) in [6.07, 6.45) is 3.30. The Morgan fingerprint density at radius 1 is 1.31 bits per heavy atom.